The van der Waals surface area contributed by atoms with Crippen LogP contribution in [-0.2, 0) is 6.54 Å². The fourth-order valence-electron chi connectivity index (χ4n) is 1.96. The second-order valence-electron chi connectivity index (χ2n) is 4.38. The van der Waals surface area contributed by atoms with Gasteiger partial charge in [-0.15, -0.1) is 0 Å². The Kier molecular flexibility index (Phi) is 3.04. The van der Waals surface area contributed by atoms with E-state index in [0.29, 0.717) is 23.1 Å². The third-order valence-electron chi connectivity index (χ3n) is 2.95. The van der Waals surface area contributed by atoms with E-state index in [9.17, 15) is 9.59 Å². The number of carbonyl (C=O) groups is 1. The molecule has 1 amide bonds. The molecule has 0 radical (unpaired) electrons. The van der Waals surface area contributed by atoms with Crippen LogP contribution in [0.4, 0.5) is 0 Å². The van der Waals surface area contributed by atoms with Crippen molar-refractivity contribution in [1.29, 1.82) is 0 Å². The number of rotatable bonds is 3. The minimum atomic E-state index is -0.284. The third kappa shape index (κ3) is 2.44. The first-order valence-electron chi connectivity index (χ1n) is 6.11. The van der Waals surface area contributed by atoms with Gasteiger partial charge in [0.2, 0.25) is 0 Å². The summed E-state index contributed by atoms with van der Waals surface area (Å²) in [5, 5.41) is 2.81. The van der Waals surface area contributed by atoms with E-state index in [0.717, 1.165) is 5.56 Å². The Balaban J connectivity index is 1.76. The molecule has 1 aromatic carbocycles. The summed E-state index contributed by atoms with van der Waals surface area (Å²) >= 11 is 0. The molecule has 3 rings (SSSR count). The van der Waals surface area contributed by atoms with Crippen LogP contribution >= 0.6 is 0 Å². The lowest BCUT2D eigenvalue weighted by atomic mass is 10.2. The monoisotopic (exact) mass is 268 g/mol. The molecular formula is C14H12N4O2. The van der Waals surface area contributed by atoms with Gasteiger partial charge in [-0.1, -0.05) is 6.07 Å². The van der Waals surface area contributed by atoms with Crippen molar-refractivity contribution < 1.29 is 4.79 Å². The predicted octanol–water partition coefficient (Wildman–Crippen LogP) is 1.18. The molecule has 0 aliphatic heterocycles. The molecule has 0 bridgehead atoms. The van der Waals surface area contributed by atoms with E-state index in [4.69, 9.17) is 0 Å². The number of fused-ring (bicyclic) bond motifs is 1. The average molecular weight is 268 g/mol. The van der Waals surface area contributed by atoms with Crippen molar-refractivity contribution in [2.24, 2.45) is 0 Å². The minimum Gasteiger partial charge on any atom is -0.348 e. The van der Waals surface area contributed by atoms with Crippen LogP contribution in [0.5, 0.6) is 0 Å². The quantitative estimate of drug-likeness (QED) is 0.666. The van der Waals surface area contributed by atoms with Crippen LogP contribution in [0.2, 0.25) is 0 Å². The van der Waals surface area contributed by atoms with Crippen molar-refractivity contribution in [2.45, 2.75) is 6.54 Å². The molecule has 0 fully saturated rings. The van der Waals surface area contributed by atoms with E-state index >= 15 is 0 Å². The number of nitrogens with zero attached hydrogens (tertiary/aromatic N) is 1. The molecule has 0 aliphatic carbocycles. The lowest BCUT2D eigenvalue weighted by Crippen LogP contribution is -2.22. The number of hydrogen-bond acceptors (Lipinski definition) is 3. The third-order valence-corrected chi connectivity index (χ3v) is 2.95. The Morgan fingerprint density at radius 2 is 2.05 bits per heavy atom. The summed E-state index contributed by atoms with van der Waals surface area (Å²) < 4.78 is 0. The lowest BCUT2D eigenvalue weighted by Gasteiger charge is -2.05. The number of aromatic nitrogens is 3. The van der Waals surface area contributed by atoms with Gasteiger partial charge >= 0.3 is 5.69 Å². The van der Waals surface area contributed by atoms with E-state index in [-0.39, 0.29) is 11.6 Å². The van der Waals surface area contributed by atoms with Crippen molar-refractivity contribution in [3.8, 4) is 0 Å². The summed E-state index contributed by atoms with van der Waals surface area (Å²) in [5.41, 5.74) is 2.43. The van der Waals surface area contributed by atoms with Crippen LogP contribution < -0.4 is 11.0 Å². The van der Waals surface area contributed by atoms with Gasteiger partial charge in [-0.3, -0.25) is 9.78 Å². The highest BCUT2D eigenvalue weighted by molar-refractivity contribution is 5.97. The largest absolute Gasteiger partial charge is 0.348 e. The summed E-state index contributed by atoms with van der Waals surface area (Å²) in [7, 11) is 0. The number of benzene rings is 1. The Morgan fingerprint density at radius 1 is 1.20 bits per heavy atom. The second kappa shape index (κ2) is 5.00. The summed E-state index contributed by atoms with van der Waals surface area (Å²) in [6.07, 6.45) is 3.38. The number of amides is 1. The van der Waals surface area contributed by atoms with E-state index in [1.807, 2.05) is 12.1 Å². The van der Waals surface area contributed by atoms with Crippen molar-refractivity contribution in [2.75, 3.05) is 0 Å². The zero-order valence-electron chi connectivity index (χ0n) is 10.5. The molecule has 0 unspecified atom stereocenters. The lowest BCUT2D eigenvalue weighted by molar-refractivity contribution is 0.0951. The first-order chi connectivity index (χ1) is 9.72. The van der Waals surface area contributed by atoms with Crippen molar-refractivity contribution in [1.82, 2.24) is 20.3 Å². The molecule has 2 aromatic heterocycles. The van der Waals surface area contributed by atoms with Crippen LogP contribution in [0.3, 0.4) is 0 Å². The maximum atomic E-state index is 12.0. The molecule has 0 saturated carbocycles. The number of nitrogens with one attached hydrogen (secondary N) is 3. The Morgan fingerprint density at radius 3 is 2.85 bits per heavy atom. The van der Waals surface area contributed by atoms with E-state index in [1.54, 1.807) is 30.6 Å². The zero-order valence-corrected chi connectivity index (χ0v) is 10.5. The number of aromatic amines is 2. The number of carbonyl (C=O) groups excluding carboxylic acids is 1. The summed E-state index contributed by atoms with van der Waals surface area (Å²) in [6.45, 7) is 0.411. The maximum Gasteiger partial charge on any atom is 0.323 e. The molecule has 0 atom stereocenters. The maximum absolute atomic E-state index is 12.0. The Bertz CT molecular complexity index is 805. The number of H-pyrrole nitrogens is 2. The van der Waals surface area contributed by atoms with Crippen LogP contribution in [0.1, 0.15) is 15.9 Å². The van der Waals surface area contributed by atoms with E-state index < -0.39 is 0 Å². The highest BCUT2D eigenvalue weighted by Gasteiger charge is 2.07. The van der Waals surface area contributed by atoms with Crippen molar-refractivity contribution in [3.63, 3.8) is 0 Å². The average Bonchev–Trinajstić information content (AvgIpc) is 2.85. The normalized spacial score (nSPS) is 10.6. The smallest absolute Gasteiger partial charge is 0.323 e. The number of pyridine rings is 1. The zero-order chi connectivity index (χ0) is 13.9. The molecule has 20 heavy (non-hydrogen) atoms. The van der Waals surface area contributed by atoms with Crippen molar-refractivity contribution >= 4 is 16.9 Å². The van der Waals surface area contributed by atoms with Gasteiger partial charge in [0, 0.05) is 24.5 Å². The van der Waals surface area contributed by atoms with Gasteiger partial charge in [0.05, 0.1) is 11.0 Å². The molecule has 3 N–H and O–H groups in total. The fourth-order valence-corrected chi connectivity index (χ4v) is 1.96. The van der Waals surface area contributed by atoms with E-state index in [1.165, 1.54) is 0 Å². The highest BCUT2D eigenvalue weighted by atomic mass is 16.2. The van der Waals surface area contributed by atoms with E-state index in [2.05, 4.69) is 20.3 Å². The standard InChI is InChI=1S/C14H12N4O2/c19-13(16-8-9-2-1-5-15-7-9)10-3-4-11-12(6-10)18-14(20)17-11/h1-7H,8H2,(H,16,19)(H2,17,18,20). The summed E-state index contributed by atoms with van der Waals surface area (Å²) in [5.74, 6) is -0.196. The molecule has 6 heteroatoms. The predicted molar refractivity (Wildman–Crippen MR) is 74.3 cm³/mol. The van der Waals surface area contributed by atoms with Gasteiger partial charge in [0.1, 0.15) is 0 Å². The van der Waals surface area contributed by atoms with Gasteiger partial charge < -0.3 is 15.3 Å². The molecular weight excluding hydrogens is 256 g/mol. The molecule has 0 spiro atoms. The van der Waals surface area contributed by atoms with Crippen LogP contribution in [0.25, 0.3) is 11.0 Å². The molecule has 0 aliphatic rings. The molecule has 100 valence electrons. The first kappa shape index (κ1) is 12.2. The van der Waals surface area contributed by atoms with Gasteiger partial charge in [-0.25, -0.2) is 4.79 Å². The highest BCUT2D eigenvalue weighted by Crippen LogP contribution is 2.10. The molecule has 3 aromatic rings. The fraction of sp³-hybridized carbons (Fsp3) is 0.0714. The van der Waals surface area contributed by atoms with Crippen LogP contribution in [0, 0.1) is 0 Å². The van der Waals surface area contributed by atoms with Gasteiger partial charge in [-0.05, 0) is 29.8 Å². The van der Waals surface area contributed by atoms with Crippen LogP contribution in [0.15, 0.2) is 47.5 Å². The second-order valence-corrected chi connectivity index (χ2v) is 4.38. The molecule has 2 heterocycles. The summed E-state index contributed by atoms with van der Waals surface area (Å²) in [6, 6.07) is 8.72. The Hall–Kier alpha value is -2.89. The number of hydrogen-bond donors (Lipinski definition) is 3. The van der Waals surface area contributed by atoms with Gasteiger partial charge in [0.25, 0.3) is 5.91 Å². The van der Waals surface area contributed by atoms with Gasteiger partial charge in [0.15, 0.2) is 0 Å². The van der Waals surface area contributed by atoms with Crippen molar-refractivity contribution in [3.05, 3.63) is 64.3 Å². The summed E-state index contributed by atoms with van der Waals surface area (Å²) in [4.78, 5) is 32.4. The van der Waals surface area contributed by atoms with Gasteiger partial charge in [-0.2, -0.15) is 0 Å². The number of imidazole rings is 1. The SMILES string of the molecule is O=C(NCc1cccnc1)c1ccc2[nH]c(=O)[nH]c2c1. The molecule has 0 saturated heterocycles. The first-order valence-corrected chi connectivity index (χ1v) is 6.11. The Labute approximate surface area is 113 Å². The molecule has 6 nitrogen and oxygen atoms in total. The topological polar surface area (TPSA) is 90.6 Å². The minimum absolute atomic E-state index is 0.196. The van der Waals surface area contributed by atoms with Crippen LogP contribution in [-0.4, -0.2) is 20.9 Å².